The van der Waals surface area contributed by atoms with Crippen LogP contribution in [0.15, 0.2) is 77.3 Å². The molecule has 4 atom stereocenters. The highest BCUT2D eigenvalue weighted by atomic mass is 35.5. The summed E-state index contributed by atoms with van der Waals surface area (Å²) in [5.74, 6) is 2.63. The van der Waals surface area contributed by atoms with Gasteiger partial charge >= 0.3 is 0 Å². The Hall–Kier alpha value is -2.77. The van der Waals surface area contributed by atoms with E-state index in [4.69, 9.17) is 51.4 Å². The van der Waals surface area contributed by atoms with Gasteiger partial charge < -0.3 is 19.5 Å². The number of thiocarbonyl (C=S) groups is 1. The minimum atomic E-state index is -0.306. The van der Waals surface area contributed by atoms with Gasteiger partial charge in [-0.25, -0.2) is 0 Å². The summed E-state index contributed by atoms with van der Waals surface area (Å²) in [4.78, 5) is 9.10. The van der Waals surface area contributed by atoms with E-state index in [-0.39, 0.29) is 12.1 Å². The summed E-state index contributed by atoms with van der Waals surface area (Å²) in [6, 6.07) is 20.8. The molecule has 5 nitrogen and oxygen atoms in total. The number of nitrogens with one attached hydrogen (secondary N) is 1. The van der Waals surface area contributed by atoms with Gasteiger partial charge in [-0.3, -0.25) is 4.98 Å². The summed E-state index contributed by atoms with van der Waals surface area (Å²) >= 11 is 25.5. The Balaban J connectivity index is 1.39. The third-order valence-corrected chi connectivity index (χ3v) is 8.80. The third-order valence-electron chi connectivity index (χ3n) is 7.63. The minimum Gasteiger partial charge on any atom is -0.459 e. The van der Waals surface area contributed by atoms with Gasteiger partial charge in [-0.05, 0) is 91.1 Å². The standard InChI is InChI=1S/C31H29Cl3N4OS/c1-18-13-19(2)17-37(16-18)26-9-7-21(15-24(26)34)38-30(29(36-31(38)40)25-5-3-4-12-35-25)28-11-10-27(39-28)22-8-6-20(32)14-23(22)33/h3-12,14-15,18-19,29-30H,13,16-17H2,1-2H3,(H,36,40)/t18-,19+,29-,30-/m1/s1. The Morgan fingerprint density at radius 3 is 2.42 bits per heavy atom. The first kappa shape index (κ1) is 27.4. The van der Waals surface area contributed by atoms with Crippen LogP contribution in [0.5, 0.6) is 0 Å². The lowest BCUT2D eigenvalue weighted by Gasteiger charge is -2.37. The molecular weight excluding hydrogens is 583 g/mol. The molecule has 6 rings (SSSR count). The van der Waals surface area contributed by atoms with Gasteiger partial charge in [0.2, 0.25) is 0 Å². The van der Waals surface area contributed by atoms with Gasteiger partial charge in [-0.2, -0.15) is 0 Å². The molecule has 0 spiro atoms. The van der Waals surface area contributed by atoms with Crippen LogP contribution in [0.25, 0.3) is 11.3 Å². The summed E-state index contributed by atoms with van der Waals surface area (Å²) in [6.45, 7) is 6.60. The second-order valence-electron chi connectivity index (χ2n) is 10.8. The fourth-order valence-corrected chi connectivity index (χ4v) is 7.17. The van der Waals surface area contributed by atoms with Crippen molar-refractivity contribution in [2.75, 3.05) is 22.9 Å². The Labute approximate surface area is 255 Å². The van der Waals surface area contributed by atoms with Gasteiger partial charge in [0.25, 0.3) is 0 Å². The molecule has 2 saturated heterocycles. The molecule has 0 aliphatic carbocycles. The van der Waals surface area contributed by atoms with E-state index in [2.05, 4.69) is 46.1 Å². The van der Waals surface area contributed by atoms with Crippen molar-refractivity contribution in [3.63, 3.8) is 0 Å². The minimum absolute atomic E-state index is 0.240. The molecule has 4 aromatic rings. The first-order chi connectivity index (χ1) is 19.3. The molecule has 2 aliphatic rings. The van der Waals surface area contributed by atoms with Gasteiger partial charge in [0.05, 0.1) is 27.5 Å². The van der Waals surface area contributed by atoms with Crippen molar-refractivity contribution in [1.82, 2.24) is 10.3 Å². The number of hydrogen-bond donors (Lipinski definition) is 1. The molecular formula is C31H29Cl3N4OS. The highest BCUT2D eigenvalue weighted by molar-refractivity contribution is 7.80. The van der Waals surface area contributed by atoms with Crippen LogP contribution in [0.4, 0.5) is 11.4 Å². The number of anilines is 2. The molecule has 40 heavy (non-hydrogen) atoms. The van der Waals surface area contributed by atoms with E-state index in [0.29, 0.717) is 37.8 Å². The van der Waals surface area contributed by atoms with Crippen molar-refractivity contribution in [1.29, 1.82) is 0 Å². The molecule has 0 bridgehead atoms. The van der Waals surface area contributed by atoms with Gasteiger partial charge in [0, 0.05) is 35.6 Å². The first-order valence-corrected chi connectivity index (χ1v) is 14.9. The molecule has 4 heterocycles. The van der Waals surface area contributed by atoms with Crippen molar-refractivity contribution in [2.45, 2.75) is 32.4 Å². The van der Waals surface area contributed by atoms with Crippen LogP contribution in [-0.2, 0) is 0 Å². The first-order valence-electron chi connectivity index (χ1n) is 13.4. The zero-order chi connectivity index (χ0) is 28.0. The lowest BCUT2D eigenvalue weighted by molar-refractivity contribution is 0.357. The summed E-state index contributed by atoms with van der Waals surface area (Å²) in [5, 5.41) is 5.86. The van der Waals surface area contributed by atoms with E-state index >= 15 is 0 Å². The zero-order valence-electron chi connectivity index (χ0n) is 22.2. The average molecular weight is 612 g/mol. The maximum atomic E-state index is 6.95. The Kier molecular flexibility index (Phi) is 7.71. The van der Waals surface area contributed by atoms with Crippen molar-refractivity contribution in [3.05, 3.63) is 99.4 Å². The number of benzene rings is 2. The van der Waals surface area contributed by atoms with Crippen molar-refractivity contribution in [2.24, 2.45) is 11.8 Å². The molecule has 9 heteroatoms. The Bertz CT molecular complexity index is 1530. The quantitative estimate of drug-likeness (QED) is 0.227. The van der Waals surface area contributed by atoms with E-state index in [9.17, 15) is 0 Å². The second kappa shape index (κ2) is 11.2. The van der Waals surface area contributed by atoms with Crippen LogP contribution < -0.4 is 15.1 Å². The predicted molar refractivity (Wildman–Crippen MR) is 169 cm³/mol. The number of furan rings is 1. The summed E-state index contributed by atoms with van der Waals surface area (Å²) in [6.07, 6.45) is 3.02. The molecule has 1 N–H and O–H groups in total. The fraction of sp³-hybridized carbons (Fsp3) is 0.290. The molecule has 0 amide bonds. The van der Waals surface area contributed by atoms with E-state index in [1.54, 1.807) is 18.3 Å². The van der Waals surface area contributed by atoms with E-state index in [0.717, 1.165) is 41.5 Å². The monoisotopic (exact) mass is 610 g/mol. The summed E-state index contributed by atoms with van der Waals surface area (Å²) < 4.78 is 6.46. The normalized spacial score (nSPS) is 23.0. The molecule has 206 valence electrons. The maximum absolute atomic E-state index is 6.95. The highest BCUT2D eigenvalue weighted by Crippen LogP contribution is 2.45. The zero-order valence-corrected chi connectivity index (χ0v) is 25.2. The molecule has 0 radical (unpaired) electrons. The van der Waals surface area contributed by atoms with E-state index < -0.39 is 0 Å². The number of aromatic nitrogens is 1. The number of hydrogen-bond acceptors (Lipinski definition) is 4. The lowest BCUT2D eigenvalue weighted by Crippen LogP contribution is -2.38. The molecule has 2 aromatic carbocycles. The third kappa shape index (κ3) is 5.30. The van der Waals surface area contributed by atoms with Gasteiger partial charge in [-0.1, -0.05) is 54.7 Å². The number of halogens is 3. The lowest BCUT2D eigenvalue weighted by atomic mass is 9.91. The Morgan fingerprint density at radius 2 is 1.73 bits per heavy atom. The summed E-state index contributed by atoms with van der Waals surface area (Å²) in [7, 11) is 0. The SMILES string of the molecule is C[C@@H]1C[C@H](C)CN(c2ccc(N3C(=S)N[C@H](c4ccccn4)[C@H]3c3ccc(-c4ccc(Cl)cc4Cl)o3)cc2Cl)C1. The average Bonchev–Trinajstić information content (AvgIpc) is 3.53. The summed E-state index contributed by atoms with van der Waals surface area (Å²) in [5.41, 5.74) is 3.57. The fourth-order valence-electron chi connectivity index (χ4n) is 6.03. The Morgan fingerprint density at radius 1 is 0.925 bits per heavy atom. The van der Waals surface area contributed by atoms with Crippen LogP contribution in [0, 0.1) is 11.8 Å². The predicted octanol–water partition coefficient (Wildman–Crippen LogP) is 8.96. The van der Waals surface area contributed by atoms with Crippen LogP contribution >= 0.6 is 47.0 Å². The smallest absolute Gasteiger partial charge is 0.174 e. The van der Waals surface area contributed by atoms with Crippen molar-refractivity contribution >= 4 is 63.5 Å². The number of pyridine rings is 1. The largest absolute Gasteiger partial charge is 0.459 e. The van der Waals surface area contributed by atoms with E-state index in [1.807, 2.05) is 42.5 Å². The highest BCUT2D eigenvalue weighted by Gasteiger charge is 2.43. The van der Waals surface area contributed by atoms with Crippen LogP contribution in [-0.4, -0.2) is 23.2 Å². The maximum Gasteiger partial charge on any atom is 0.174 e. The van der Waals surface area contributed by atoms with Gasteiger partial charge in [0.15, 0.2) is 5.11 Å². The number of nitrogens with zero attached hydrogens (tertiary/aromatic N) is 3. The molecule has 2 aliphatic heterocycles. The van der Waals surface area contributed by atoms with Crippen LogP contribution in [0.1, 0.15) is 43.8 Å². The number of rotatable bonds is 5. The second-order valence-corrected chi connectivity index (χ2v) is 12.4. The molecule has 2 fully saturated rings. The molecule has 0 unspecified atom stereocenters. The van der Waals surface area contributed by atoms with E-state index in [1.165, 1.54) is 6.42 Å². The van der Waals surface area contributed by atoms with Gasteiger partial charge in [-0.15, -0.1) is 0 Å². The number of piperidine rings is 1. The van der Waals surface area contributed by atoms with Crippen molar-refractivity contribution < 1.29 is 4.42 Å². The molecule has 2 aromatic heterocycles. The van der Waals surface area contributed by atoms with Crippen molar-refractivity contribution in [3.8, 4) is 11.3 Å². The van der Waals surface area contributed by atoms with Gasteiger partial charge in [0.1, 0.15) is 17.6 Å². The van der Waals surface area contributed by atoms with Crippen LogP contribution in [0.2, 0.25) is 15.1 Å². The molecule has 0 saturated carbocycles. The topological polar surface area (TPSA) is 44.5 Å². The van der Waals surface area contributed by atoms with Crippen LogP contribution in [0.3, 0.4) is 0 Å².